The van der Waals surface area contributed by atoms with Crippen molar-refractivity contribution in [3.8, 4) is 10.4 Å². The van der Waals surface area contributed by atoms with Crippen LogP contribution in [0.4, 0.5) is 5.69 Å². The van der Waals surface area contributed by atoms with E-state index in [2.05, 4.69) is 0 Å². The van der Waals surface area contributed by atoms with Gasteiger partial charge in [0, 0.05) is 9.77 Å². The van der Waals surface area contributed by atoms with Crippen molar-refractivity contribution < 1.29 is 30.5 Å². The lowest BCUT2D eigenvalue weighted by molar-refractivity contribution is -0.648. The molecule has 6 aromatic rings. The summed E-state index contributed by atoms with van der Waals surface area (Å²) in [6.45, 7) is 0. The standard InChI is InChI=1S/C29H20N2O6S5/c32-41(33,34)16-30-23-14-21(24-6-3-11-38-24)8-9-25(23)39-27(30)15-28-31(17-42(35,36)37)29-22-13-19-5-2-1-4-18(19)12-20(22)7-10-26(29)40-28/h1-15H,16-17H2,(H-,32,33,34,35,36,37)/p+1. The summed E-state index contributed by atoms with van der Waals surface area (Å²) in [4.78, 5) is 3.33. The van der Waals surface area contributed by atoms with Gasteiger partial charge in [-0.15, -0.1) is 11.3 Å². The number of benzene rings is 4. The second-order valence-electron chi connectivity index (χ2n) is 9.80. The zero-order valence-corrected chi connectivity index (χ0v) is 25.6. The highest BCUT2D eigenvalue weighted by Gasteiger charge is 2.32. The van der Waals surface area contributed by atoms with Crippen molar-refractivity contribution in [1.82, 2.24) is 0 Å². The first kappa shape index (κ1) is 27.5. The smallest absolute Gasteiger partial charge is 0.317 e. The van der Waals surface area contributed by atoms with Gasteiger partial charge in [-0.2, -0.15) is 21.4 Å². The maximum atomic E-state index is 12.3. The number of nitrogens with zero attached hydrogens (tertiary/aromatic N) is 2. The quantitative estimate of drug-likeness (QED) is 0.114. The Labute approximate surface area is 253 Å². The summed E-state index contributed by atoms with van der Waals surface area (Å²) in [7, 11) is -8.87. The van der Waals surface area contributed by atoms with Crippen LogP contribution >= 0.6 is 34.4 Å². The fourth-order valence-corrected chi connectivity index (χ4v) is 9.58. The van der Waals surface area contributed by atoms with E-state index in [1.807, 2.05) is 84.2 Å². The van der Waals surface area contributed by atoms with Gasteiger partial charge in [-0.05, 0) is 63.5 Å². The van der Waals surface area contributed by atoms with E-state index in [0.29, 0.717) is 21.2 Å². The number of hydrogen-bond donors (Lipinski definition) is 2. The molecular formula is C29H21N2O6S5+. The maximum Gasteiger partial charge on any atom is 0.326 e. The van der Waals surface area contributed by atoms with E-state index >= 15 is 0 Å². The molecule has 0 bridgehead atoms. The van der Waals surface area contributed by atoms with Crippen molar-refractivity contribution in [3.05, 3.63) is 94.3 Å². The molecule has 0 saturated carbocycles. The topological polar surface area (TPSA) is 116 Å². The third-order valence-corrected chi connectivity index (χ3v) is 11.2. The van der Waals surface area contributed by atoms with Gasteiger partial charge < -0.3 is 4.90 Å². The van der Waals surface area contributed by atoms with Crippen LogP contribution in [0.3, 0.4) is 0 Å². The van der Waals surface area contributed by atoms with E-state index in [1.54, 1.807) is 22.0 Å². The van der Waals surface area contributed by atoms with Crippen LogP contribution in [0, 0.1) is 0 Å². The Balaban J connectivity index is 1.44. The summed E-state index contributed by atoms with van der Waals surface area (Å²) in [6, 6.07) is 25.5. The zero-order chi connectivity index (χ0) is 29.2. The lowest BCUT2D eigenvalue weighted by Gasteiger charge is -2.18. The molecule has 0 fully saturated rings. The number of thioether (sulfide) groups is 1. The number of aromatic nitrogens is 1. The van der Waals surface area contributed by atoms with Gasteiger partial charge in [0.2, 0.25) is 5.52 Å². The molecule has 212 valence electrons. The molecule has 42 heavy (non-hydrogen) atoms. The minimum absolute atomic E-state index is 0.497. The van der Waals surface area contributed by atoms with Crippen LogP contribution in [0.2, 0.25) is 0 Å². The number of anilines is 1. The van der Waals surface area contributed by atoms with Crippen molar-refractivity contribution in [2.75, 3.05) is 10.8 Å². The number of hydrogen-bond acceptors (Lipinski definition) is 8. The highest BCUT2D eigenvalue weighted by Crippen LogP contribution is 2.49. The Kier molecular flexibility index (Phi) is 6.66. The van der Waals surface area contributed by atoms with E-state index in [-0.39, 0.29) is 0 Å². The summed E-state index contributed by atoms with van der Waals surface area (Å²) in [5.41, 5.74) is 2.18. The van der Waals surface area contributed by atoms with Crippen LogP contribution in [-0.4, -0.2) is 31.8 Å². The van der Waals surface area contributed by atoms with Gasteiger partial charge in [0.15, 0.2) is 5.88 Å². The second-order valence-corrected chi connectivity index (χ2v) is 15.7. The van der Waals surface area contributed by atoms with Gasteiger partial charge >= 0.3 is 10.1 Å². The SMILES string of the molecule is O=S(=O)(O)CN1C(=Cc2sc3ccc4cc5ccccc5cc4c3[n+]2CS(=O)(=O)O)Sc2ccc(-c3cccs3)cc21. The monoisotopic (exact) mass is 653 g/mol. The normalized spacial score (nSPS) is 14.9. The lowest BCUT2D eigenvalue weighted by atomic mass is 10.0. The Morgan fingerprint density at radius 2 is 1.62 bits per heavy atom. The zero-order valence-electron chi connectivity index (χ0n) is 21.5. The average molecular weight is 654 g/mol. The van der Waals surface area contributed by atoms with Crippen molar-refractivity contribution in [3.63, 3.8) is 0 Å². The van der Waals surface area contributed by atoms with Crippen LogP contribution in [0.1, 0.15) is 5.01 Å². The van der Waals surface area contributed by atoms with Crippen molar-refractivity contribution in [2.45, 2.75) is 10.8 Å². The largest absolute Gasteiger partial charge is 0.326 e. The van der Waals surface area contributed by atoms with Gasteiger partial charge in [0.1, 0.15) is 4.70 Å². The van der Waals surface area contributed by atoms with E-state index in [0.717, 1.165) is 41.6 Å². The predicted octanol–water partition coefficient (Wildman–Crippen LogP) is 6.83. The van der Waals surface area contributed by atoms with Crippen molar-refractivity contribution in [1.29, 1.82) is 0 Å². The molecule has 2 N–H and O–H groups in total. The fraction of sp³-hybridized carbons (Fsp3) is 0.0690. The molecule has 3 heterocycles. The highest BCUT2D eigenvalue weighted by molar-refractivity contribution is 8.04. The number of thiophene rings is 1. The molecule has 1 aliphatic heterocycles. The van der Waals surface area contributed by atoms with E-state index < -0.39 is 32.0 Å². The third-order valence-electron chi connectivity index (χ3n) is 6.94. The van der Waals surface area contributed by atoms with Crippen LogP contribution in [-0.2, 0) is 26.1 Å². The molecular weight excluding hydrogens is 633 g/mol. The first-order valence-electron chi connectivity index (χ1n) is 12.6. The summed E-state index contributed by atoms with van der Waals surface area (Å²) >= 11 is 4.22. The first-order valence-corrected chi connectivity index (χ1v) is 18.3. The summed E-state index contributed by atoms with van der Waals surface area (Å²) in [6.07, 6.45) is 1.71. The Bertz CT molecular complexity index is 2290. The van der Waals surface area contributed by atoms with E-state index in [1.165, 1.54) is 28.0 Å². The highest BCUT2D eigenvalue weighted by atomic mass is 32.2. The van der Waals surface area contributed by atoms with Gasteiger partial charge in [-0.25, -0.2) is 0 Å². The molecule has 0 saturated heterocycles. The summed E-state index contributed by atoms with van der Waals surface area (Å²) in [5, 5.41) is 6.73. The molecule has 0 radical (unpaired) electrons. The Hall–Kier alpha value is -3.30. The van der Waals surface area contributed by atoms with Gasteiger partial charge in [0.25, 0.3) is 21.0 Å². The maximum absolute atomic E-state index is 12.3. The second kappa shape index (κ2) is 10.2. The third kappa shape index (κ3) is 5.22. The van der Waals surface area contributed by atoms with E-state index in [4.69, 9.17) is 0 Å². The Morgan fingerprint density at radius 1 is 0.833 bits per heavy atom. The molecule has 0 spiro atoms. The number of rotatable bonds is 6. The van der Waals surface area contributed by atoms with Crippen LogP contribution in [0.25, 0.3) is 48.3 Å². The molecule has 4 aromatic carbocycles. The molecule has 2 aromatic heterocycles. The van der Waals surface area contributed by atoms with Crippen molar-refractivity contribution in [2.24, 2.45) is 0 Å². The molecule has 13 heteroatoms. The van der Waals surface area contributed by atoms with Gasteiger partial charge in [0.05, 0.1) is 22.2 Å². The van der Waals surface area contributed by atoms with Gasteiger partial charge in [-0.3, -0.25) is 9.11 Å². The number of fused-ring (bicyclic) bond motifs is 5. The molecule has 0 amide bonds. The molecule has 0 atom stereocenters. The van der Waals surface area contributed by atoms with Crippen LogP contribution in [0.5, 0.6) is 0 Å². The molecule has 0 aliphatic carbocycles. The predicted molar refractivity (Wildman–Crippen MR) is 171 cm³/mol. The summed E-state index contributed by atoms with van der Waals surface area (Å²) in [5.74, 6) is -1.36. The van der Waals surface area contributed by atoms with E-state index in [9.17, 15) is 25.9 Å². The first-order chi connectivity index (χ1) is 20.0. The number of thiazole rings is 1. The molecule has 7 rings (SSSR count). The molecule has 0 unspecified atom stereocenters. The Morgan fingerprint density at radius 3 is 2.33 bits per heavy atom. The lowest BCUT2D eigenvalue weighted by Crippen LogP contribution is -2.39. The minimum atomic E-state index is -4.45. The average Bonchev–Trinajstić information content (AvgIpc) is 3.65. The summed E-state index contributed by atoms with van der Waals surface area (Å²) < 4.78 is 70.9. The molecule has 8 nitrogen and oxygen atoms in total. The fourth-order valence-electron chi connectivity index (χ4n) is 5.22. The molecule has 1 aliphatic rings. The van der Waals surface area contributed by atoms with Crippen LogP contribution in [0.15, 0.2) is 94.2 Å². The minimum Gasteiger partial charge on any atom is -0.317 e. The van der Waals surface area contributed by atoms with Crippen LogP contribution < -0.4 is 9.47 Å². The van der Waals surface area contributed by atoms with Crippen molar-refractivity contribution >= 4 is 98.2 Å². The van der Waals surface area contributed by atoms with Gasteiger partial charge in [-0.1, -0.05) is 65.6 Å².